The van der Waals surface area contributed by atoms with Crippen molar-refractivity contribution in [2.75, 3.05) is 19.7 Å². The highest BCUT2D eigenvalue weighted by atomic mass is 16.3. The van der Waals surface area contributed by atoms with Gasteiger partial charge in [0.2, 0.25) is 0 Å². The second-order valence-corrected chi connectivity index (χ2v) is 6.44. The van der Waals surface area contributed by atoms with Crippen LogP contribution in [0.15, 0.2) is 24.6 Å². The fraction of sp³-hybridized carbons (Fsp3) is 0.789. The molecule has 128 valence electrons. The van der Waals surface area contributed by atoms with Crippen molar-refractivity contribution in [3.63, 3.8) is 0 Å². The molecule has 1 rings (SSSR count). The molecule has 0 amide bonds. The first kappa shape index (κ1) is 19.2. The summed E-state index contributed by atoms with van der Waals surface area (Å²) in [7, 11) is 0. The molecule has 0 saturated heterocycles. The minimum absolute atomic E-state index is 0.267. The number of quaternary nitrogens is 1. The maximum atomic E-state index is 9.30. The first-order chi connectivity index (χ1) is 10.8. The van der Waals surface area contributed by atoms with E-state index in [0.29, 0.717) is 6.17 Å². The second kappa shape index (κ2) is 11.7. The van der Waals surface area contributed by atoms with Crippen LogP contribution in [0.2, 0.25) is 0 Å². The molecule has 0 aromatic heterocycles. The van der Waals surface area contributed by atoms with Crippen LogP contribution < -0.4 is 5.32 Å². The summed E-state index contributed by atoms with van der Waals surface area (Å²) in [5.41, 5.74) is 0. The van der Waals surface area contributed by atoms with Crippen molar-refractivity contribution in [3.8, 4) is 0 Å². The Kier molecular flexibility index (Phi) is 10.3. The molecular weight excluding hydrogens is 272 g/mol. The number of hydrogen-bond donors (Lipinski definition) is 2. The normalized spacial score (nSPS) is 24.2. The van der Waals surface area contributed by atoms with Crippen molar-refractivity contribution in [3.05, 3.63) is 24.6 Å². The molecule has 0 aromatic rings. The third-order valence-corrected chi connectivity index (χ3v) is 4.89. The van der Waals surface area contributed by atoms with E-state index < -0.39 is 0 Å². The zero-order valence-electron chi connectivity index (χ0n) is 14.8. The summed E-state index contributed by atoms with van der Waals surface area (Å²) in [5, 5.41) is 12.8. The zero-order valence-corrected chi connectivity index (χ0v) is 14.8. The number of nitrogens with one attached hydrogen (secondary N) is 1. The van der Waals surface area contributed by atoms with E-state index >= 15 is 0 Å². The maximum Gasteiger partial charge on any atom is 0.166 e. The van der Waals surface area contributed by atoms with E-state index in [9.17, 15) is 5.11 Å². The molecular formula is C19H37N2O+. The van der Waals surface area contributed by atoms with E-state index in [-0.39, 0.29) is 6.61 Å². The topological polar surface area (TPSA) is 32.3 Å². The lowest BCUT2D eigenvalue weighted by Gasteiger charge is -2.36. The predicted molar refractivity (Wildman–Crippen MR) is 95.2 cm³/mol. The van der Waals surface area contributed by atoms with Gasteiger partial charge in [-0.3, -0.25) is 4.48 Å². The van der Waals surface area contributed by atoms with Gasteiger partial charge in [0.1, 0.15) is 12.7 Å². The van der Waals surface area contributed by atoms with Crippen molar-refractivity contribution in [1.29, 1.82) is 0 Å². The molecule has 1 aliphatic heterocycles. The second-order valence-electron chi connectivity index (χ2n) is 6.44. The molecule has 0 aromatic carbocycles. The first-order valence-electron chi connectivity index (χ1n) is 9.35. The molecule has 0 radical (unpaired) electrons. The molecule has 0 fully saturated rings. The lowest BCUT2D eigenvalue weighted by molar-refractivity contribution is -0.900. The molecule has 22 heavy (non-hydrogen) atoms. The van der Waals surface area contributed by atoms with Gasteiger partial charge >= 0.3 is 0 Å². The Morgan fingerprint density at radius 2 is 1.77 bits per heavy atom. The zero-order chi connectivity index (χ0) is 16.1. The van der Waals surface area contributed by atoms with Crippen LogP contribution in [0, 0.1) is 0 Å². The summed E-state index contributed by atoms with van der Waals surface area (Å²) in [6.45, 7) is 6.56. The van der Waals surface area contributed by atoms with Crippen molar-refractivity contribution >= 4 is 0 Å². The molecule has 2 N–H and O–H groups in total. The fourth-order valence-corrected chi connectivity index (χ4v) is 3.39. The number of hydrogen-bond acceptors (Lipinski definition) is 2. The van der Waals surface area contributed by atoms with Gasteiger partial charge in [-0.25, -0.2) is 0 Å². The van der Waals surface area contributed by atoms with Gasteiger partial charge in [0.05, 0.1) is 19.4 Å². The van der Waals surface area contributed by atoms with Crippen LogP contribution in [0.5, 0.6) is 0 Å². The molecule has 0 saturated carbocycles. The Bertz CT molecular complexity index is 327. The lowest BCUT2D eigenvalue weighted by atomic mass is 10.1. The monoisotopic (exact) mass is 309 g/mol. The predicted octanol–water partition coefficient (Wildman–Crippen LogP) is 4.30. The molecule has 3 heteroatoms. The van der Waals surface area contributed by atoms with Gasteiger partial charge in [-0.05, 0) is 32.6 Å². The minimum atomic E-state index is 0.267. The number of allylic oxidation sites excluding steroid dienone is 2. The minimum Gasteiger partial charge on any atom is -0.390 e. The van der Waals surface area contributed by atoms with Crippen molar-refractivity contribution in [1.82, 2.24) is 5.32 Å². The summed E-state index contributed by atoms with van der Waals surface area (Å²) >= 11 is 0. The van der Waals surface area contributed by atoms with Gasteiger partial charge in [-0.2, -0.15) is 0 Å². The maximum absolute atomic E-state index is 9.30. The highest BCUT2D eigenvalue weighted by Gasteiger charge is 2.35. The summed E-state index contributed by atoms with van der Waals surface area (Å²) in [5.74, 6) is 0. The van der Waals surface area contributed by atoms with Crippen molar-refractivity contribution in [2.45, 2.75) is 77.8 Å². The van der Waals surface area contributed by atoms with Crippen LogP contribution in [0.4, 0.5) is 0 Å². The Hall–Kier alpha value is -0.800. The van der Waals surface area contributed by atoms with Gasteiger partial charge in [0.25, 0.3) is 0 Å². The molecule has 2 atom stereocenters. The number of aliphatic hydroxyl groups is 1. The summed E-state index contributed by atoms with van der Waals surface area (Å²) in [4.78, 5) is 0. The third-order valence-electron chi connectivity index (χ3n) is 4.89. The van der Waals surface area contributed by atoms with Crippen LogP contribution in [0.1, 0.15) is 71.6 Å². The van der Waals surface area contributed by atoms with E-state index in [2.05, 4.69) is 43.7 Å². The van der Waals surface area contributed by atoms with Crippen molar-refractivity contribution < 1.29 is 9.59 Å². The van der Waals surface area contributed by atoms with Crippen LogP contribution in [-0.4, -0.2) is 35.5 Å². The molecule has 1 aliphatic rings. The molecule has 0 spiro atoms. The highest BCUT2D eigenvalue weighted by Crippen LogP contribution is 2.22. The Morgan fingerprint density at radius 1 is 1.05 bits per heavy atom. The molecule has 1 heterocycles. The SMILES string of the molecule is CC/C=C/CCCCCCCCC1NC=C[N+]1(CC)CCO. The van der Waals surface area contributed by atoms with Gasteiger partial charge in [0, 0.05) is 6.42 Å². The smallest absolute Gasteiger partial charge is 0.166 e. The van der Waals surface area contributed by atoms with Gasteiger partial charge in [0.15, 0.2) is 6.17 Å². The van der Waals surface area contributed by atoms with Gasteiger partial charge in [-0.1, -0.05) is 44.8 Å². The quantitative estimate of drug-likeness (QED) is 0.302. The van der Waals surface area contributed by atoms with Crippen LogP contribution >= 0.6 is 0 Å². The van der Waals surface area contributed by atoms with E-state index in [1.54, 1.807) is 0 Å². The lowest BCUT2D eigenvalue weighted by Crippen LogP contribution is -2.54. The largest absolute Gasteiger partial charge is 0.390 e. The summed E-state index contributed by atoms with van der Waals surface area (Å²) in [6, 6.07) is 0. The molecule has 3 nitrogen and oxygen atoms in total. The van der Waals surface area contributed by atoms with E-state index in [1.807, 2.05) is 0 Å². The number of unbranched alkanes of at least 4 members (excludes halogenated alkanes) is 6. The van der Waals surface area contributed by atoms with Crippen LogP contribution in [0.25, 0.3) is 0 Å². The average molecular weight is 310 g/mol. The van der Waals surface area contributed by atoms with Crippen molar-refractivity contribution in [2.24, 2.45) is 0 Å². The number of likely N-dealkylation sites (N-methyl/N-ethyl adjacent to an activating group) is 1. The fourth-order valence-electron chi connectivity index (χ4n) is 3.39. The molecule has 2 unspecified atom stereocenters. The number of rotatable bonds is 13. The summed E-state index contributed by atoms with van der Waals surface area (Å²) < 4.78 is 0.903. The van der Waals surface area contributed by atoms with Crippen LogP contribution in [-0.2, 0) is 0 Å². The average Bonchev–Trinajstić information content (AvgIpc) is 2.93. The van der Waals surface area contributed by atoms with E-state index in [0.717, 1.165) is 24.0 Å². The Labute approximate surface area is 137 Å². The number of nitrogens with zero attached hydrogens (tertiary/aromatic N) is 1. The summed E-state index contributed by atoms with van der Waals surface area (Å²) in [6.07, 6.45) is 21.1. The Balaban J connectivity index is 2.06. The Morgan fingerprint density at radius 3 is 2.45 bits per heavy atom. The number of aliphatic hydroxyl groups excluding tert-OH is 1. The van der Waals surface area contributed by atoms with Crippen LogP contribution in [0.3, 0.4) is 0 Å². The standard InChI is InChI=1S/C19H37N2O/c1-3-5-6-7-8-9-10-11-12-13-14-19-20-15-16-21(19,4-2)17-18-22/h5-6,15-16,19-20,22H,3-4,7-14,17-18H2,1-2H3/q+1/b6-5+. The van der Waals surface area contributed by atoms with E-state index in [1.165, 1.54) is 51.4 Å². The van der Waals surface area contributed by atoms with Gasteiger partial charge < -0.3 is 10.4 Å². The van der Waals surface area contributed by atoms with Gasteiger partial charge in [-0.15, -0.1) is 0 Å². The molecule has 0 bridgehead atoms. The molecule has 0 aliphatic carbocycles. The first-order valence-corrected chi connectivity index (χ1v) is 9.35. The highest BCUT2D eigenvalue weighted by molar-refractivity contribution is 4.84. The third kappa shape index (κ3) is 6.53. The van der Waals surface area contributed by atoms with E-state index in [4.69, 9.17) is 0 Å².